The first-order chi connectivity index (χ1) is 14.1. The number of hydrogen-bond donors (Lipinski definition) is 0. The van der Waals surface area contributed by atoms with Gasteiger partial charge in [0.25, 0.3) is 5.91 Å². The van der Waals surface area contributed by atoms with Gasteiger partial charge in [0, 0.05) is 56.7 Å². The molecule has 0 saturated carbocycles. The Hall–Kier alpha value is -2.93. The average Bonchev–Trinajstić information content (AvgIpc) is 3.35. The lowest BCUT2D eigenvalue weighted by Crippen LogP contribution is -2.48. The fraction of sp³-hybridized carbons (Fsp3) is 0.409. The smallest absolute Gasteiger partial charge is 0.257 e. The van der Waals surface area contributed by atoms with Crippen LogP contribution in [0, 0.1) is 13.8 Å². The van der Waals surface area contributed by atoms with Gasteiger partial charge in [0.1, 0.15) is 0 Å². The summed E-state index contributed by atoms with van der Waals surface area (Å²) < 4.78 is 3.81. The van der Waals surface area contributed by atoms with Gasteiger partial charge in [-0.05, 0) is 32.9 Å². The van der Waals surface area contributed by atoms with Crippen LogP contribution < -0.4 is 0 Å². The number of piperazine rings is 1. The third-order valence-electron chi connectivity index (χ3n) is 5.69. The molecule has 7 nitrogen and oxygen atoms in total. The summed E-state index contributed by atoms with van der Waals surface area (Å²) in [6, 6.07) is 10.2. The molecule has 7 heteroatoms. The van der Waals surface area contributed by atoms with Gasteiger partial charge in [0.2, 0.25) is 0 Å². The Morgan fingerprint density at radius 2 is 1.79 bits per heavy atom. The van der Waals surface area contributed by atoms with Crippen molar-refractivity contribution in [1.82, 2.24) is 29.4 Å². The van der Waals surface area contributed by atoms with E-state index in [4.69, 9.17) is 5.10 Å². The van der Waals surface area contributed by atoms with Crippen molar-refractivity contribution in [3.8, 4) is 5.69 Å². The van der Waals surface area contributed by atoms with Crippen LogP contribution in [0.2, 0.25) is 0 Å². The Morgan fingerprint density at radius 1 is 1.07 bits per heavy atom. The van der Waals surface area contributed by atoms with E-state index in [1.54, 1.807) is 10.9 Å². The first kappa shape index (κ1) is 19.4. The van der Waals surface area contributed by atoms with Crippen LogP contribution >= 0.6 is 0 Å². The van der Waals surface area contributed by atoms with E-state index < -0.39 is 0 Å². The van der Waals surface area contributed by atoms with Crippen LogP contribution in [0.1, 0.15) is 34.2 Å². The van der Waals surface area contributed by atoms with Gasteiger partial charge in [0.05, 0.1) is 23.1 Å². The number of rotatable bonds is 5. The van der Waals surface area contributed by atoms with Crippen LogP contribution in [0.4, 0.5) is 0 Å². The quantitative estimate of drug-likeness (QED) is 0.670. The molecular formula is C22H28N6O. The first-order valence-electron chi connectivity index (χ1n) is 10.2. The number of aromatic nitrogens is 4. The molecule has 29 heavy (non-hydrogen) atoms. The van der Waals surface area contributed by atoms with E-state index in [-0.39, 0.29) is 5.91 Å². The maximum atomic E-state index is 12.7. The third-order valence-corrected chi connectivity index (χ3v) is 5.69. The normalized spacial score (nSPS) is 15.1. The molecule has 0 spiro atoms. The summed E-state index contributed by atoms with van der Waals surface area (Å²) >= 11 is 0. The zero-order chi connectivity index (χ0) is 20.4. The molecule has 0 unspecified atom stereocenters. The van der Waals surface area contributed by atoms with E-state index in [0.29, 0.717) is 5.56 Å². The molecule has 2 aromatic heterocycles. The summed E-state index contributed by atoms with van der Waals surface area (Å²) in [5, 5.41) is 8.97. The van der Waals surface area contributed by atoms with Crippen molar-refractivity contribution in [1.29, 1.82) is 0 Å². The molecule has 1 aliphatic heterocycles. The van der Waals surface area contributed by atoms with Crippen molar-refractivity contribution in [2.45, 2.75) is 33.9 Å². The Morgan fingerprint density at radius 3 is 2.45 bits per heavy atom. The van der Waals surface area contributed by atoms with Crippen LogP contribution in [-0.4, -0.2) is 61.4 Å². The maximum absolute atomic E-state index is 12.7. The second-order valence-corrected chi connectivity index (χ2v) is 7.55. The van der Waals surface area contributed by atoms with E-state index in [1.165, 1.54) is 11.3 Å². The Balaban J connectivity index is 1.40. The third kappa shape index (κ3) is 3.96. The molecule has 1 fully saturated rings. The van der Waals surface area contributed by atoms with Gasteiger partial charge in [-0.15, -0.1) is 0 Å². The molecular weight excluding hydrogens is 364 g/mol. The minimum Gasteiger partial charge on any atom is -0.336 e. The predicted octanol–water partition coefficient (Wildman–Crippen LogP) is 2.66. The molecule has 0 N–H and O–H groups in total. The summed E-state index contributed by atoms with van der Waals surface area (Å²) in [6.45, 7) is 11.1. The molecule has 1 aliphatic rings. The van der Waals surface area contributed by atoms with E-state index in [2.05, 4.69) is 36.0 Å². The standard InChI is InChI=1S/C22H28N6O/c1-4-27-15-19(14-23-27)22(29)26-12-10-25(11-13-26)16-21-17(2)24-28(18(21)3)20-8-6-5-7-9-20/h5-9,14-15H,4,10-13,16H2,1-3H3. The molecule has 1 saturated heterocycles. The van der Waals surface area contributed by atoms with Gasteiger partial charge >= 0.3 is 0 Å². The second kappa shape index (κ2) is 8.21. The van der Waals surface area contributed by atoms with Gasteiger partial charge in [-0.3, -0.25) is 14.4 Å². The molecule has 3 heterocycles. The second-order valence-electron chi connectivity index (χ2n) is 7.55. The number of benzene rings is 1. The van der Waals surface area contributed by atoms with E-state index >= 15 is 0 Å². The van der Waals surface area contributed by atoms with Crippen molar-refractivity contribution in [2.24, 2.45) is 0 Å². The average molecular weight is 393 g/mol. The molecule has 0 atom stereocenters. The molecule has 4 rings (SSSR count). The first-order valence-corrected chi connectivity index (χ1v) is 10.2. The highest BCUT2D eigenvalue weighted by Gasteiger charge is 2.24. The number of hydrogen-bond acceptors (Lipinski definition) is 4. The highest BCUT2D eigenvalue weighted by Crippen LogP contribution is 2.20. The number of para-hydroxylation sites is 1. The number of nitrogens with zero attached hydrogens (tertiary/aromatic N) is 6. The van der Waals surface area contributed by atoms with Crippen molar-refractivity contribution >= 4 is 5.91 Å². The van der Waals surface area contributed by atoms with Crippen molar-refractivity contribution in [3.05, 3.63) is 65.2 Å². The van der Waals surface area contributed by atoms with Gasteiger partial charge in [-0.25, -0.2) is 4.68 Å². The van der Waals surface area contributed by atoms with Crippen molar-refractivity contribution in [2.75, 3.05) is 26.2 Å². The minimum absolute atomic E-state index is 0.0774. The number of carbonyl (C=O) groups excluding carboxylic acids is 1. The summed E-state index contributed by atoms with van der Waals surface area (Å²) in [5.74, 6) is 0.0774. The Bertz CT molecular complexity index is 982. The van der Waals surface area contributed by atoms with E-state index in [9.17, 15) is 4.79 Å². The van der Waals surface area contributed by atoms with Gasteiger partial charge in [-0.2, -0.15) is 10.2 Å². The van der Waals surface area contributed by atoms with Gasteiger partial charge in [0.15, 0.2) is 0 Å². The summed E-state index contributed by atoms with van der Waals surface area (Å²) in [4.78, 5) is 17.0. The van der Waals surface area contributed by atoms with E-state index in [1.807, 2.05) is 40.9 Å². The van der Waals surface area contributed by atoms with Crippen molar-refractivity contribution in [3.63, 3.8) is 0 Å². The number of carbonyl (C=O) groups is 1. The summed E-state index contributed by atoms with van der Waals surface area (Å²) in [7, 11) is 0. The Labute approximate surface area is 171 Å². The molecule has 0 aliphatic carbocycles. The van der Waals surface area contributed by atoms with Crippen molar-refractivity contribution < 1.29 is 4.79 Å². The van der Waals surface area contributed by atoms with Crippen LogP contribution in [0.15, 0.2) is 42.7 Å². The van der Waals surface area contributed by atoms with Crippen LogP contribution in [0.25, 0.3) is 5.69 Å². The molecule has 0 radical (unpaired) electrons. The fourth-order valence-corrected chi connectivity index (χ4v) is 3.89. The van der Waals surface area contributed by atoms with Crippen LogP contribution in [0.3, 0.4) is 0 Å². The number of aryl methyl sites for hydroxylation is 2. The predicted molar refractivity (Wildman–Crippen MR) is 112 cm³/mol. The largest absolute Gasteiger partial charge is 0.336 e. The lowest BCUT2D eigenvalue weighted by molar-refractivity contribution is 0.0628. The van der Waals surface area contributed by atoms with Crippen LogP contribution in [0.5, 0.6) is 0 Å². The molecule has 1 aromatic carbocycles. The zero-order valence-corrected chi connectivity index (χ0v) is 17.4. The van der Waals surface area contributed by atoms with E-state index in [0.717, 1.165) is 50.6 Å². The summed E-state index contributed by atoms with van der Waals surface area (Å²) in [5.41, 5.74) is 5.28. The lowest BCUT2D eigenvalue weighted by atomic mass is 10.1. The topological polar surface area (TPSA) is 59.2 Å². The Kier molecular flexibility index (Phi) is 5.49. The van der Waals surface area contributed by atoms with Crippen LogP contribution in [-0.2, 0) is 13.1 Å². The molecule has 152 valence electrons. The SMILES string of the molecule is CCn1cc(C(=O)N2CCN(Cc3c(C)nn(-c4ccccc4)c3C)CC2)cn1. The maximum Gasteiger partial charge on any atom is 0.257 e. The molecule has 3 aromatic rings. The monoisotopic (exact) mass is 392 g/mol. The number of amides is 1. The molecule has 1 amide bonds. The highest BCUT2D eigenvalue weighted by molar-refractivity contribution is 5.93. The van der Waals surface area contributed by atoms with Gasteiger partial charge < -0.3 is 4.90 Å². The molecule has 0 bridgehead atoms. The zero-order valence-electron chi connectivity index (χ0n) is 17.4. The minimum atomic E-state index is 0.0774. The summed E-state index contributed by atoms with van der Waals surface area (Å²) in [6.07, 6.45) is 3.50. The fourth-order valence-electron chi connectivity index (χ4n) is 3.89. The highest BCUT2D eigenvalue weighted by atomic mass is 16.2. The lowest BCUT2D eigenvalue weighted by Gasteiger charge is -2.34. The van der Waals surface area contributed by atoms with Gasteiger partial charge in [-0.1, -0.05) is 18.2 Å².